The number of hydrogen-bond acceptors (Lipinski definition) is 1. The molecule has 0 aliphatic rings. The molecule has 3 rings (SSSR count). The molecule has 1 N–H and O–H groups in total. The highest BCUT2D eigenvalue weighted by Gasteiger charge is 2.15. The van der Waals surface area contributed by atoms with Gasteiger partial charge in [0.15, 0.2) is 0 Å². The van der Waals surface area contributed by atoms with Gasteiger partial charge in [0.2, 0.25) is 0 Å². The SMILES string of the molecule is Cc1ccc(NC(=O)c2ccc(-c3ccccc3Cl)n2C)cc1. The van der Waals surface area contributed by atoms with E-state index in [-0.39, 0.29) is 5.91 Å². The van der Waals surface area contributed by atoms with Crippen molar-refractivity contribution in [2.75, 3.05) is 5.32 Å². The molecule has 0 unspecified atom stereocenters. The molecule has 0 saturated carbocycles. The molecule has 3 nitrogen and oxygen atoms in total. The topological polar surface area (TPSA) is 34.0 Å². The van der Waals surface area contributed by atoms with Crippen LogP contribution in [0.25, 0.3) is 11.3 Å². The Hall–Kier alpha value is -2.52. The normalized spacial score (nSPS) is 10.6. The smallest absolute Gasteiger partial charge is 0.272 e. The zero-order chi connectivity index (χ0) is 16.4. The molecule has 0 aliphatic heterocycles. The van der Waals surface area contributed by atoms with Crippen LogP contribution in [0.4, 0.5) is 5.69 Å². The number of hydrogen-bond donors (Lipinski definition) is 1. The molecule has 0 radical (unpaired) electrons. The Morgan fingerprint density at radius 3 is 2.39 bits per heavy atom. The van der Waals surface area contributed by atoms with E-state index in [1.54, 1.807) is 0 Å². The average Bonchev–Trinajstić information content (AvgIpc) is 2.92. The Labute approximate surface area is 140 Å². The van der Waals surface area contributed by atoms with E-state index in [1.807, 2.05) is 79.2 Å². The molecule has 23 heavy (non-hydrogen) atoms. The minimum absolute atomic E-state index is 0.144. The fraction of sp³-hybridized carbons (Fsp3) is 0.105. The molecule has 1 amide bonds. The maximum atomic E-state index is 12.5. The van der Waals surface area contributed by atoms with E-state index in [0.717, 1.165) is 22.5 Å². The van der Waals surface area contributed by atoms with Gasteiger partial charge in [0.1, 0.15) is 5.69 Å². The number of rotatable bonds is 3. The van der Waals surface area contributed by atoms with Crippen molar-refractivity contribution in [1.29, 1.82) is 0 Å². The van der Waals surface area contributed by atoms with E-state index in [4.69, 9.17) is 11.6 Å². The molecule has 116 valence electrons. The first-order chi connectivity index (χ1) is 11.1. The molecule has 0 saturated heterocycles. The highest BCUT2D eigenvalue weighted by atomic mass is 35.5. The summed E-state index contributed by atoms with van der Waals surface area (Å²) in [6.07, 6.45) is 0. The van der Waals surface area contributed by atoms with Gasteiger partial charge in [-0.3, -0.25) is 4.79 Å². The highest BCUT2D eigenvalue weighted by molar-refractivity contribution is 6.33. The quantitative estimate of drug-likeness (QED) is 0.730. The maximum Gasteiger partial charge on any atom is 0.272 e. The zero-order valence-electron chi connectivity index (χ0n) is 13.0. The van der Waals surface area contributed by atoms with Crippen LogP contribution in [-0.4, -0.2) is 10.5 Å². The van der Waals surface area contributed by atoms with E-state index in [9.17, 15) is 4.79 Å². The number of benzene rings is 2. The molecule has 3 aromatic rings. The van der Waals surface area contributed by atoms with Gasteiger partial charge in [-0.2, -0.15) is 0 Å². The number of aromatic nitrogens is 1. The summed E-state index contributed by atoms with van der Waals surface area (Å²) in [6, 6.07) is 19.0. The number of nitrogens with one attached hydrogen (secondary N) is 1. The lowest BCUT2D eigenvalue weighted by Crippen LogP contribution is -2.15. The van der Waals surface area contributed by atoms with Crippen molar-refractivity contribution in [3.63, 3.8) is 0 Å². The lowest BCUT2D eigenvalue weighted by Gasteiger charge is -2.10. The summed E-state index contributed by atoms with van der Waals surface area (Å²) < 4.78 is 1.85. The third-order valence-electron chi connectivity index (χ3n) is 3.81. The molecule has 0 aliphatic carbocycles. The zero-order valence-corrected chi connectivity index (χ0v) is 13.8. The maximum absolute atomic E-state index is 12.5. The summed E-state index contributed by atoms with van der Waals surface area (Å²) in [7, 11) is 1.86. The Kier molecular flexibility index (Phi) is 4.22. The highest BCUT2D eigenvalue weighted by Crippen LogP contribution is 2.28. The third kappa shape index (κ3) is 3.15. The molecule has 1 aromatic heterocycles. The molecule has 0 bridgehead atoms. The molecule has 0 spiro atoms. The van der Waals surface area contributed by atoms with Crippen molar-refractivity contribution in [3.8, 4) is 11.3 Å². The predicted molar refractivity (Wildman–Crippen MR) is 95.0 cm³/mol. The summed E-state index contributed by atoms with van der Waals surface area (Å²) in [5.41, 5.74) is 4.33. The van der Waals surface area contributed by atoms with E-state index in [0.29, 0.717) is 10.7 Å². The van der Waals surface area contributed by atoms with Crippen molar-refractivity contribution in [1.82, 2.24) is 4.57 Å². The Morgan fingerprint density at radius 1 is 1.00 bits per heavy atom. The molecule has 1 heterocycles. The van der Waals surface area contributed by atoms with Crippen LogP contribution in [0.5, 0.6) is 0 Å². The van der Waals surface area contributed by atoms with Gasteiger partial charge in [0, 0.05) is 29.0 Å². The fourth-order valence-corrected chi connectivity index (χ4v) is 2.74. The van der Waals surface area contributed by atoms with Gasteiger partial charge in [-0.25, -0.2) is 0 Å². The summed E-state index contributed by atoms with van der Waals surface area (Å²) in [5.74, 6) is -0.144. The molecule has 0 fully saturated rings. The fourth-order valence-electron chi connectivity index (χ4n) is 2.51. The second-order valence-electron chi connectivity index (χ2n) is 5.46. The van der Waals surface area contributed by atoms with Crippen molar-refractivity contribution in [2.24, 2.45) is 7.05 Å². The summed E-state index contributed by atoms with van der Waals surface area (Å²) in [4.78, 5) is 12.5. The van der Waals surface area contributed by atoms with Crippen LogP contribution in [0, 0.1) is 6.92 Å². The number of carbonyl (C=O) groups excluding carboxylic acids is 1. The predicted octanol–water partition coefficient (Wildman–Crippen LogP) is 4.91. The van der Waals surface area contributed by atoms with Gasteiger partial charge in [0.25, 0.3) is 5.91 Å². The second kappa shape index (κ2) is 6.31. The third-order valence-corrected chi connectivity index (χ3v) is 4.14. The first-order valence-electron chi connectivity index (χ1n) is 7.35. The number of anilines is 1. The number of carbonyl (C=O) groups is 1. The van der Waals surface area contributed by atoms with Crippen LogP contribution in [0.1, 0.15) is 16.1 Å². The molecular weight excluding hydrogens is 308 g/mol. The van der Waals surface area contributed by atoms with Crippen molar-refractivity contribution >= 4 is 23.2 Å². The van der Waals surface area contributed by atoms with Crippen LogP contribution in [0.15, 0.2) is 60.7 Å². The van der Waals surface area contributed by atoms with Crippen LogP contribution < -0.4 is 5.32 Å². The number of nitrogens with zero attached hydrogens (tertiary/aromatic N) is 1. The van der Waals surface area contributed by atoms with Crippen LogP contribution in [0.3, 0.4) is 0 Å². The van der Waals surface area contributed by atoms with Gasteiger partial charge in [-0.15, -0.1) is 0 Å². The monoisotopic (exact) mass is 324 g/mol. The van der Waals surface area contributed by atoms with E-state index < -0.39 is 0 Å². The van der Waals surface area contributed by atoms with Crippen molar-refractivity contribution in [2.45, 2.75) is 6.92 Å². The summed E-state index contributed by atoms with van der Waals surface area (Å²) in [6.45, 7) is 2.01. The largest absolute Gasteiger partial charge is 0.340 e. The van der Waals surface area contributed by atoms with E-state index in [2.05, 4.69) is 5.32 Å². The Bertz CT molecular complexity index is 850. The van der Waals surface area contributed by atoms with Gasteiger partial charge in [0.05, 0.1) is 0 Å². The molecule has 4 heteroatoms. The first-order valence-corrected chi connectivity index (χ1v) is 7.72. The first kappa shape index (κ1) is 15.4. The second-order valence-corrected chi connectivity index (χ2v) is 5.87. The van der Waals surface area contributed by atoms with Crippen molar-refractivity contribution < 1.29 is 4.79 Å². The lowest BCUT2D eigenvalue weighted by molar-refractivity contribution is 0.101. The minimum Gasteiger partial charge on any atom is -0.340 e. The van der Waals surface area contributed by atoms with E-state index >= 15 is 0 Å². The minimum atomic E-state index is -0.144. The van der Waals surface area contributed by atoms with Gasteiger partial charge < -0.3 is 9.88 Å². The van der Waals surface area contributed by atoms with Gasteiger partial charge in [-0.1, -0.05) is 47.5 Å². The van der Waals surface area contributed by atoms with Gasteiger partial charge >= 0.3 is 0 Å². The summed E-state index contributed by atoms with van der Waals surface area (Å²) >= 11 is 6.25. The number of halogens is 1. The lowest BCUT2D eigenvalue weighted by atomic mass is 10.1. The van der Waals surface area contributed by atoms with Crippen LogP contribution in [-0.2, 0) is 7.05 Å². The van der Waals surface area contributed by atoms with Crippen molar-refractivity contribution in [3.05, 3.63) is 76.9 Å². The average molecular weight is 325 g/mol. The molecular formula is C19H17ClN2O. The Balaban J connectivity index is 1.88. The standard InChI is InChI=1S/C19H17ClN2O/c1-13-7-9-14(10-8-13)21-19(23)18-12-11-17(22(18)2)15-5-3-4-6-16(15)20/h3-12H,1-2H3,(H,21,23). The molecule has 2 aromatic carbocycles. The number of amides is 1. The summed E-state index contributed by atoms with van der Waals surface area (Å²) in [5, 5.41) is 3.58. The number of aryl methyl sites for hydroxylation is 1. The van der Waals surface area contributed by atoms with E-state index in [1.165, 1.54) is 0 Å². The van der Waals surface area contributed by atoms with Crippen LogP contribution in [0.2, 0.25) is 5.02 Å². The van der Waals surface area contributed by atoms with Crippen LogP contribution >= 0.6 is 11.6 Å². The molecule has 0 atom stereocenters. The Morgan fingerprint density at radius 2 is 1.70 bits per heavy atom. The van der Waals surface area contributed by atoms with Gasteiger partial charge in [-0.05, 0) is 37.3 Å².